The zero-order chi connectivity index (χ0) is 19.7. The molecule has 0 unspecified atom stereocenters. The summed E-state index contributed by atoms with van der Waals surface area (Å²) in [5.41, 5.74) is 1.11. The topological polar surface area (TPSA) is 60.3 Å². The van der Waals surface area contributed by atoms with Gasteiger partial charge in [-0.15, -0.1) is 0 Å². The molecule has 0 atom stereocenters. The van der Waals surface area contributed by atoms with E-state index in [9.17, 15) is 4.39 Å². The molecule has 10 heteroatoms. The van der Waals surface area contributed by atoms with Crippen LogP contribution in [0.15, 0.2) is 47.1 Å². The number of hydrogen-bond donors (Lipinski definition) is 2. The Kier molecular flexibility index (Phi) is 5.38. The maximum absolute atomic E-state index is 14.0. The lowest BCUT2D eigenvalue weighted by Crippen LogP contribution is -2.19. The first-order valence-electron chi connectivity index (χ1n) is 8.13. The van der Waals surface area contributed by atoms with E-state index in [0.29, 0.717) is 37.5 Å². The summed E-state index contributed by atoms with van der Waals surface area (Å²) in [6.07, 6.45) is 1.72. The molecule has 0 saturated carbocycles. The third kappa shape index (κ3) is 4.06. The third-order valence-electron chi connectivity index (χ3n) is 3.96. The fourth-order valence-corrected chi connectivity index (χ4v) is 3.50. The third-order valence-corrected chi connectivity index (χ3v) is 5.10. The van der Waals surface area contributed by atoms with E-state index in [-0.39, 0.29) is 19.2 Å². The minimum Gasteiger partial charge on any atom is -0.454 e. The standard InChI is InChI=1S/C18H13BrClFN4O2S/c19-12-8-25(7-11-13(20)2-1-3-14(11)21)24-17(12)23-18(28)22-10-4-5-15-16(6-10)27-9-26-15/h1-6,8H,7,9H2,(H2,22,23,24,28). The molecule has 0 amide bonds. The molecular formula is C18H13BrClFN4O2S. The van der Waals surface area contributed by atoms with E-state index >= 15 is 0 Å². The van der Waals surface area contributed by atoms with Crippen LogP contribution in [0.25, 0.3) is 0 Å². The predicted octanol–water partition coefficient (Wildman–Crippen LogP) is 5.02. The summed E-state index contributed by atoms with van der Waals surface area (Å²) in [5.74, 6) is 1.46. The Labute approximate surface area is 178 Å². The number of aromatic nitrogens is 2. The number of halogens is 3. The Morgan fingerprint density at radius 3 is 2.89 bits per heavy atom. The molecule has 2 aromatic carbocycles. The normalized spacial score (nSPS) is 12.1. The van der Waals surface area contributed by atoms with Gasteiger partial charge < -0.3 is 20.1 Å². The van der Waals surface area contributed by atoms with Crippen LogP contribution in [-0.2, 0) is 6.54 Å². The van der Waals surface area contributed by atoms with Crippen LogP contribution in [0.1, 0.15) is 5.56 Å². The highest BCUT2D eigenvalue weighted by atomic mass is 79.9. The van der Waals surface area contributed by atoms with Crippen molar-refractivity contribution in [3.8, 4) is 11.5 Å². The summed E-state index contributed by atoms with van der Waals surface area (Å²) >= 11 is 14.8. The van der Waals surface area contributed by atoms with Crippen molar-refractivity contribution in [1.82, 2.24) is 9.78 Å². The number of nitrogens with zero attached hydrogens (tertiary/aromatic N) is 2. The Morgan fingerprint density at radius 2 is 2.07 bits per heavy atom. The second-order valence-corrected chi connectivity index (χ2v) is 7.54. The number of hydrogen-bond acceptors (Lipinski definition) is 4. The first-order valence-corrected chi connectivity index (χ1v) is 9.71. The fraction of sp³-hybridized carbons (Fsp3) is 0.111. The predicted molar refractivity (Wildman–Crippen MR) is 113 cm³/mol. The van der Waals surface area contributed by atoms with Crippen molar-refractivity contribution < 1.29 is 13.9 Å². The second kappa shape index (κ2) is 7.94. The number of rotatable bonds is 4. The van der Waals surface area contributed by atoms with Crippen LogP contribution in [0, 0.1) is 5.82 Å². The summed E-state index contributed by atoms with van der Waals surface area (Å²) < 4.78 is 26.9. The van der Waals surface area contributed by atoms with Crippen LogP contribution in [0.2, 0.25) is 5.02 Å². The Balaban J connectivity index is 1.44. The summed E-state index contributed by atoms with van der Waals surface area (Å²) in [5, 5.41) is 11.1. The Hall–Kier alpha value is -2.36. The highest BCUT2D eigenvalue weighted by Gasteiger charge is 2.15. The summed E-state index contributed by atoms with van der Waals surface area (Å²) in [7, 11) is 0. The van der Waals surface area contributed by atoms with Gasteiger partial charge in [-0.2, -0.15) is 5.10 Å². The summed E-state index contributed by atoms with van der Waals surface area (Å²) in [6, 6.07) is 9.99. The smallest absolute Gasteiger partial charge is 0.231 e. The Morgan fingerprint density at radius 1 is 1.25 bits per heavy atom. The van der Waals surface area contributed by atoms with Gasteiger partial charge in [0.15, 0.2) is 22.4 Å². The zero-order valence-electron chi connectivity index (χ0n) is 14.2. The molecule has 0 spiro atoms. The molecule has 2 heterocycles. The molecule has 6 nitrogen and oxygen atoms in total. The minimum absolute atomic E-state index is 0.189. The second-order valence-electron chi connectivity index (χ2n) is 5.87. The molecule has 1 aliphatic rings. The fourth-order valence-electron chi connectivity index (χ4n) is 2.65. The van der Waals surface area contributed by atoms with E-state index in [1.54, 1.807) is 35.1 Å². The molecule has 0 radical (unpaired) electrons. The van der Waals surface area contributed by atoms with E-state index in [2.05, 4.69) is 31.7 Å². The van der Waals surface area contributed by atoms with Crippen LogP contribution in [0.5, 0.6) is 11.5 Å². The van der Waals surface area contributed by atoms with E-state index in [0.717, 1.165) is 5.69 Å². The lowest BCUT2D eigenvalue weighted by molar-refractivity contribution is 0.174. The van der Waals surface area contributed by atoms with E-state index in [1.807, 2.05) is 6.07 Å². The lowest BCUT2D eigenvalue weighted by atomic mass is 10.2. The molecule has 28 heavy (non-hydrogen) atoms. The SMILES string of the molecule is Fc1cccc(Cl)c1Cn1cc(Br)c(NC(=S)Nc2ccc3c(c2)OCO3)n1. The number of benzene rings is 2. The highest BCUT2D eigenvalue weighted by Crippen LogP contribution is 2.34. The lowest BCUT2D eigenvalue weighted by Gasteiger charge is -2.10. The highest BCUT2D eigenvalue weighted by molar-refractivity contribution is 9.10. The molecular weight excluding hydrogens is 471 g/mol. The number of fused-ring (bicyclic) bond motifs is 1. The van der Waals surface area contributed by atoms with Gasteiger partial charge in [0, 0.05) is 28.5 Å². The van der Waals surface area contributed by atoms with Gasteiger partial charge in [-0.3, -0.25) is 4.68 Å². The molecule has 0 aliphatic carbocycles. The van der Waals surface area contributed by atoms with Gasteiger partial charge >= 0.3 is 0 Å². The zero-order valence-corrected chi connectivity index (χ0v) is 17.4. The molecule has 0 fully saturated rings. The van der Waals surface area contributed by atoms with Crippen molar-refractivity contribution in [3.05, 3.63) is 63.5 Å². The molecule has 1 aromatic heterocycles. The average Bonchev–Trinajstić information content (AvgIpc) is 3.24. The minimum atomic E-state index is -0.381. The largest absolute Gasteiger partial charge is 0.454 e. The molecule has 144 valence electrons. The maximum atomic E-state index is 14.0. The molecule has 0 saturated heterocycles. The van der Waals surface area contributed by atoms with Gasteiger partial charge in [0.05, 0.1) is 11.0 Å². The van der Waals surface area contributed by atoms with Crippen LogP contribution in [0.3, 0.4) is 0 Å². The number of ether oxygens (including phenoxy) is 2. The molecule has 3 aromatic rings. The Bertz CT molecular complexity index is 1040. The van der Waals surface area contributed by atoms with Gasteiger partial charge in [0.1, 0.15) is 5.82 Å². The van der Waals surface area contributed by atoms with E-state index in [1.165, 1.54) is 6.07 Å². The van der Waals surface area contributed by atoms with Crippen LogP contribution < -0.4 is 20.1 Å². The van der Waals surface area contributed by atoms with E-state index < -0.39 is 0 Å². The van der Waals surface area contributed by atoms with Gasteiger partial charge in [-0.05, 0) is 52.4 Å². The van der Waals surface area contributed by atoms with Crippen molar-refractivity contribution in [2.75, 3.05) is 17.4 Å². The first-order chi connectivity index (χ1) is 13.5. The van der Waals surface area contributed by atoms with Crippen LogP contribution >= 0.6 is 39.7 Å². The molecule has 1 aliphatic heterocycles. The van der Waals surface area contributed by atoms with Crippen molar-refractivity contribution in [1.29, 1.82) is 0 Å². The van der Waals surface area contributed by atoms with Gasteiger partial charge in [0.25, 0.3) is 0 Å². The van der Waals surface area contributed by atoms with Gasteiger partial charge in [-0.25, -0.2) is 4.39 Å². The van der Waals surface area contributed by atoms with E-state index in [4.69, 9.17) is 33.3 Å². The maximum Gasteiger partial charge on any atom is 0.231 e. The molecule has 0 bridgehead atoms. The van der Waals surface area contributed by atoms with Crippen molar-refractivity contribution in [3.63, 3.8) is 0 Å². The van der Waals surface area contributed by atoms with Crippen molar-refractivity contribution >= 4 is 56.4 Å². The van der Waals surface area contributed by atoms with Crippen LogP contribution in [-0.4, -0.2) is 21.7 Å². The average molecular weight is 484 g/mol. The van der Waals surface area contributed by atoms with Gasteiger partial charge in [0.2, 0.25) is 6.79 Å². The molecule has 2 N–H and O–H groups in total. The summed E-state index contributed by atoms with van der Waals surface area (Å²) in [4.78, 5) is 0. The van der Waals surface area contributed by atoms with Crippen molar-refractivity contribution in [2.24, 2.45) is 0 Å². The number of thiocarbonyl (C=S) groups is 1. The monoisotopic (exact) mass is 482 g/mol. The van der Waals surface area contributed by atoms with Crippen LogP contribution in [0.4, 0.5) is 15.9 Å². The number of anilines is 2. The first kappa shape index (κ1) is 19.0. The summed E-state index contributed by atoms with van der Waals surface area (Å²) in [6.45, 7) is 0.395. The molecule has 4 rings (SSSR count). The van der Waals surface area contributed by atoms with Crippen molar-refractivity contribution in [2.45, 2.75) is 6.54 Å². The van der Waals surface area contributed by atoms with Gasteiger partial charge in [-0.1, -0.05) is 17.7 Å². The quantitative estimate of drug-likeness (QED) is 0.508. The number of nitrogens with one attached hydrogen (secondary N) is 2.